The van der Waals surface area contributed by atoms with Gasteiger partial charge in [-0.05, 0) is 0 Å². The van der Waals surface area contributed by atoms with Gasteiger partial charge in [-0.3, -0.25) is 0 Å². The van der Waals surface area contributed by atoms with Gasteiger partial charge in [0.2, 0.25) is 0 Å². The van der Waals surface area contributed by atoms with Gasteiger partial charge in [-0.15, -0.1) is 0 Å². The summed E-state index contributed by atoms with van der Waals surface area (Å²) in [4.78, 5) is 0. The van der Waals surface area contributed by atoms with E-state index in [-0.39, 0.29) is 0 Å². The third-order valence-electron chi connectivity index (χ3n) is 1.51. The average Bonchev–Trinajstić information content (AvgIpc) is 1.75. The zero-order valence-electron chi connectivity index (χ0n) is 6.89. The molecule has 12 heteroatoms. The van der Waals surface area contributed by atoms with Gasteiger partial charge in [-0.1, -0.05) is 0 Å². The molecule has 0 spiro atoms. The summed E-state index contributed by atoms with van der Waals surface area (Å²) >= 11 is 0. The zero-order valence-corrected chi connectivity index (χ0v) is 20.0. The predicted molar refractivity (Wildman–Crippen MR) is 83.1 cm³/mol. The maximum absolute atomic E-state index is 5.92. The van der Waals surface area contributed by atoms with Gasteiger partial charge in [0.25, 0.3) is 0 Å². The third kappa shape index (κ3) is 9.72. The van der Waals surface area contributed by atoms with Crippen LogP contribution in [0.4, 0.5) is 0 Å². The van der Waals surface area contributed by atoms with Gasteiger partial charge in [0, 0.05) is 0 Å². The van der Waals surface area contributed by atoms with Crippen LogP contribution >= 0.6 is 90.1 Å². The van der Waals surface area contributed by atoms with Crippen LogP contribution < -0.4 is 0 Å². The minimum atomic E-state index is -3.57. The first-order chi connectivity index (χ1) is 6.34. The normalized spacial score (nSPS) is 14.8. The Morgan fingerprint density at radius 3 is 1.20 bits per heavy atom. The molecule has 0 saturated heterocycles. The Morgan fingerprint density at radius 1 is 0.667 bits per heavy atom. The van der Waals surface area contributed by atoms with Crippen molar-refractivity contribution in [2.45, 2.75) is 15.3 Å². The second-order valence-corrected chi connectivity index (χ2v) is 54.1. The Labute approximate surface area is 134 Å². The van der Waals surface area contributed by atoms with E-state index in [9.17, 15) is 0 Å². The fraction of sp³-hybridized carbons (Fsp3) is 1.00. The molecule has 15 heavy (non-hydrogen) atoms. The summed E-state index contributed by atoms with van der Waals surface area (Å²) in [5, 5.41) is 0.396. The quantitative estimate of drug-likeness (QED) is 0.339. The first-order valence-corrected chi connectivity index (χ1v) is 32.3. The Balaban J connectivity index is 4.56. The van der Waals surface area contributed by atoms with Crippen molar-refractivity contribution < 1.29 is 0 Å². The molecule has 0 heterocycles. The van der Waals surface area contributed by atoms with Crippen molar-refractivity contribution in [2.24, 2.45) is 0 Å². The predicted octanol–water partition coefficient (Wildman–Crippen LogP) is 6.25. The first kappa shape index (κ1) is 19.2. The first-order valence-electron chi connectivity index (χ1n) is 3.54. The molecule has 92 valence electrons. The summed E-state index contributed by atoms with van der Waals surface area (Å²) in [7, 11) is 42.5. The van der Waals surface area contributed by atoms with E-state index in [1.807, 2.05) is 0 Å². The Bertz CT molecular complexity index is 186. The van der Waals surface area contributed by atoms with Crippen molar-refractivity contribution in [3.8, 4) is 0 Å². The van der Waals surface area contributed by atoms with Gasteiger partial charge < -0.3 is 0 Å². The average molecular weight is 578 g/mol. The molecular weight excluding hydrogens is 573 g/mol. The number of hydrogen-bond acceptors (Lipinski definition) is 0. The van der Waals surface area contributed by atoms with Crippen LogP contribution in [-0.4, -0.2) is 31.4 Å². The van der Waals surface area contributed by atoms with Crippen LogP contribution in [0.3, 0.4) is 0 Å². The van der Waals surface area contributed by atoms with Crippen molar-refractivity contribution in [3.63, 3.8) is 0 Å². The molecule has 0 unspecified atom stereocenters. The Hall–Kier alpha value is 4.24. The van der Waals surface area contributed by atoms with Crippen LogP contribution in [0.2, 0.25) is 8.84 Å². The standard InChI is InChI=1S/C3H5Cl9Ge3/c4-13(5,6)2-1-3(14(7,8)9)15(10,11)12/h3H,1-2H2. The van der Waals surface area contributed by atoms with E-state index >= 15 is 0 Å². The molecule has 0 nitrogen and oxygen atoms in total. The van der Waals surface area contributed by atoms with Crippen LogP contribution in [0.5, 0.6) is 0 Å². The maximum atomic E-state index is 5.92. The van der Waals surface area contributed by atoms with Crippen molar-refractivity contribution >= 4 is 122 Å². The van der Waals surface area contributed by atoms with E-state index < -0.39 is 35.0 Å². The van der Waals surface area contributed by atoms with Crippen LogP contribution in [0.1, 0.15) is 6.42 Å². The second-order valence-electron chi connectivity index (χ2n) is 2.79. The summed E-state index contributed by atoms with van der Waals surface area (Å²) in [6.45, 7) is 0. The SMILES string of the molecule is [Cl][Ge]([Cl])([Cl])[CH2]C[CH]([Ge]([Cl])([Cl])[Cl])[Ge]([Cl])([Cl])[Cl]. The summed E-state index contributed by atoms with van der Waals surface area (Å²) in [6.07, 6.45) is 0.406. The van der Waals surface area contributed by atoms with Crippen molar-refractivity contribution in [2.75, 3.05) is 0 Å². The molecule has 0 aromatic rings. The fourth-order valence-corrected chi connectivity index (χ4v) is 56.6. The molecule has 0 bridgehead atoms. The second kappa shape index (κ2) is 7.31. The topological polar surface area (TPSA) is 0 Å². The number of halogens is 9. The molecule has 0 radical (unpaired) electrons. The van der Waals surface area contributed by atoms with E-state index in [1.54, 1.807) is 0 Å². The van der Waals surface area contributed by atoms with E-state index in [2.05, 4.69) is 0 Å². The van der Waals surface area contributed by atoms with E-state index in [1.165, 1.54) is 0 Å². The summed E-state index contributed by atoms with van der Waals surface area (Å²) < 4.78 is -0.443. The van der Waals surface area contributed by atoms with Crippen LogP contribution in [0.15, 0.2) is 0 Å². The van der Waals surface area contributed by atoms with E-state index in [0.29, 0.717) is 11.7 Å². The zero-order chi connectivity index (χ0) is 12.5. The molecule has 0 aromatic heterocycles. The van der Waals surface area contributed by atoms with E-state index in [4.69, 9.17) is 90.1 Å². The molecule has 0 N–H and O–H groups in total. The summed E-state index contributed by atoms with van der Waals surface area (Å²) in [5.41, 5.74) is 0. The molecule has 0 aliphatic rings. The van der Waals surface area contributed by atoms with Gasteiger partial charge in [0.1, 0.15) is 0 Å². The summed E-state index contributed by atoms with van der Waals surface area (Å²) in [6, 6.07) is 0. The molecule has 0 aliphatic carbocycles. The molecule has 0 atom stereocenters. The minimum absolute atomic E-state index is 0.396. The van der Waals surface area contributed by atoms with Gasteiger partial charge >= 0.3 is 137 Å². The molecule has 0 fully saturated rings. The van der Waals surface area contributed by atoms with Gasteiger partial charge in [-0.2, -0.15) is 0 Å². The number of hydrogen-bond donors (Lipinski definition) is 0. The molecular formula is C3H5Cl9Ge3. The number of rotatable bonds is 5. The van der Waals surface area contributed by atoms with Crippen molar-refractivity contribution in [1.82, 2.24) is 0 Å². The van der Waals surface area contributed by atoms with Gasteiger partial charge in [0.05, 0.1) is 0 Å². The summed E-state index contributed by atoms with van der Waals surface area (Å²) in [5.74, 6) is 0. The van der Waals surface area contributed by atoms with Crippen molar-refractivity contribution in [1.29, 1.82) is 0 Å². The van der Waals surface area contributed by atoms with E-state index in [0.717, 1.165) is 0 Å². The monoisotopic (exact) mass is 578 g/mol. The fourth-order valence-electron chi connectivity index (χ4n) is 0.821. The molecule has 0 saturated carbocycles. The molecule has 0 amide bonds. The van der Waals surface area contributed by atoms with Crippen LogP contribution in [0.25, 0.3) is 0 Å². The van der Waals surface area contributed by atoms with Gasteiger partial charge in [0.15, 0.2) is 0 Å². The van der Waals surface area contributed by atoms with Crippen LogP contribution in [-0.2, 0) is 0 Å². The Kier molecular flexibility index (Phi) is 9.37. The third-order valence-corrected chi connectivity index (χ3v) is 40.4. The van der Waals surface area contributed by atoms with Crippen LogP contribution in [0, 0.1) is 0 Å². The van der Waals surface area contributed by atoms with Crippen molar-refractivity contribution in [3.05, 3.63) is 0 Å². The molecule has 0 rings (SSSR count). The Morgan fingerprint density at radius 2 is 1.00 bits per heavy atom. The van der Waals surface area contributed by atoms with Gasteiger partial charge in [-0.25, -0.2) is 0 Å². The molecule has 0 aliphatic heterocycles. The molecule has 0 aromatic carbocycles.